The molecule has 0 aliphatic carbocycles. The average Bonchev–Trinajstić information content (AvgIpc) is 2.71. The Bertz CT molecular complexity index is 781. The van der Waals surface area contributed by atoms with E-state index in [1.54, 1.807) is 0 Å². The first kappa shape index (κ1) is 10.8. The smallest absolute Gasteiger partial charge is 0.306 e. The summed E-state index contributed by atoms with van der Waals surface area (Å²) in [4.78, 5) is 16.8. The van der Waals surface area contributed by atoms with Crippen molar-refractivity contribution in [1.29, 1.82) is 0 Å². The van der Waals surface area contributed by atoms with Crippen LogP contribution in [0.1, 0.15) is 11.1 Å². The molecule has 1 aromatic heterocycles. The van der Waals surface area contributed by atoms with Crippen molar-refractivity contribution in [2.45, 2.75) is 13.8 Å². The fourth-order valence-corrected chi connectivity index (χ4v) is 2.25. The second kappa shape index (κ2) is 3.88. The fourth-order valence-electron chi connectivity index (χ4n) is 2.25. The number of hydrogen-bond acceptors (Lipinski definition) is 1. The van der Waals surface area contributed by atoms with E-state index in [0.717, 1.165) is 16.6 Å². The minimum Gasteiger partial charge on any atom is -0.306 e. The molecule has 18 heavy (non-hydrogen) atoms. The van der Waals surface area contributed by atoms with Crippen LogP contribution in [0, 0.1) is 13.8 Å². The van der Waals surface area contributed by atoms with Crippen LogP contribution in [-0.2, 0) is 0 Å². The number of hydrogen-bond donors (Lipinski definition) is 2. The van der Waals surface area contributed by atoms with Crippen LogP contribution in [0.25, 0.3) is 22.2 Å². The summed E-state index contributed by atoms with van der Waals surface area (Å²) in [7, 11) is 0. The number of aromatic amines is 2. The maximum atomic E-state index is 11.2. The van der Waals surface area contributed by atoms with Crippen molar-refractivity contribution >= 4 is 11.0 Å². The van der Waals surface area contributed by atoms with Gasteiger partial charge in [0.2, 0.25) is 0 Å². The predicted molar refractivity (Wildman–Crippen MR) is 73.8 cm³/mol. The second-order valence-corrected chi connectivity index (χ2v) is 4.66. The number of benzene rings is 2. The van der Waals surface area contributed by atoms with Crippen LogP contribution < -0.4 is 5.69 Å². The highest BCUT2D eigenvalue weighted by Crippen LogP contribution is 2.26. The van der Waals surface area contributed by atoms with Gasteiger partial charge in [0.1, 0.15) is 0 Å². The Kier molecular flexibility index (Phi) is 2.33. The summed E-state index contributed by atoms with van der Waals surface area (Å²) >= 11 is 0. The van der Waals surface area contributed by atoms with Crippen LogP contribution in [-0.4, -0.2) is 9.97 Å². The minimum atomic E-state index is -0.164. The van der Waals surface area contributed by atoms with Gasteiger partial charge < -0.3 is 9.97 Å². The Hall–Kier alpha value is -2.29. The molecule has 3 rings (SSSR count). The summed E-state index contributed by atoms with van der Waals surface area (Å²) < 4.78 is 0. The summed E-state index contributed by atoms with van der Waals surface area (Å²) in [5.74, 6) is 0. The van der Waals surface area contributed by atoms with Crippen molar-refractivity contribution in [2.24, 2.45) is 0 Å². The van der Waals surface area contributed by atoms with Crippen molar-refractivity contribution in [3.05, 3.63) is 58.0 Å². The van der Waals surface area contributed by atoms with Gasteiger partial charge in [-0.3, -0.25) is 0 Å². The summed E-state index contributed by atoms with van der Waals surface area (Å²) in [6.45, 7) is 4.18. The highest BCUT2D eigenvalue weighted by Gasteiger charge is 2.05. The predicted octanol–water partition coefficient (Wildman–Crippen LogP) is 3.14. The topological polar surface area (TPSA) is 48.6 Å². The summed E-state index contributed by atoms with van der Waals surface area (Å²) in [6.07, 6.45) is 0. The maximum absolute atomic E-state index is 11.2. The molecule has 2 N–H and O–H groups in total. The Morgan fingerprint density at radius 1 is 0.889 bits per heavy atom. The van der Waals surface area contributed by atoms with Crippen LogP contribution in [0.2, 0.25) is 0 Å². The molecule has 0 atom stereocenters. The van der Waals surface area contributed by atoms with E-state index >= 15 is 0 Å². The molecule has 0 aliphatic rings. The second-order valence-electron chi connectivity index (χ2n) is 4.66. The van der Waals surface area contributed by atoms with Crippen LogP contribution in [0.5, 0.6) is 0 Å². The lowest BCUT2D eigenvalue weighted by Gasteiger charge is -2.07. The number of aryl methyl sites for hydroxylation is 2. The van der Waals surface area contributed by atoms with Gasteiger partial charge in [-0.05, 0) is 42.7 Å². The van der Waals surface area contributed by atoms with E-state index in [1.165, 1.54) is 16.7 Å². The maximum Gasteiger partial charge on any atom is 0.323 e. The molecule has 1 heterocycles. The monoisotopic (exact) mass is 238 g/mol. The molecule has 0 spiro atoms. The standard InChI is InChI=1S/C15H14N2O/c1-9-3-4-10(2)12(7-9)11-5-6-13-14(8-11)17-15(18)16-13/h3-8H,1-2H3,(H2,16,17,18). The summed E-state index contributed by atoms with van der Waals surface area (Å²) in [6, 6.07) is 12.4. The highest BCUT2D eigenvalue weighted by molar-refractivity contribution is 5.82. The van der Waals surface area contributed by atoms with Crippen molar-refractivity contribution in [3.63, 3.8) is 0 Å². The van der Waals surface area contributed by atoms with Gasteiger partial charge in [-0.2, -0.15) is 0 Å². The van der Waals surface area contributed by atoms with Gasteiger partial charge in [0.05, 0.1) is 11.0 Å². The molecule has 0 bridgehead atoms. The van der Waals surface area contributed by atoms with Gasteiger partial charge in [0.25, 0.3) is 0 Å². The lowest BCUT2D eigenvalue weighted by atomic mass is 9.98. The number of nitrogens with one attached hydrogen (secondary N) is 2. The van der Waals surface area contributed by atoms with Crippen LogP contribution in [0.4, 0.5) is 0 Å². The van der Waals surface area contributed by atoms with Crippen molar-refractivity contribution in [3.8, 4) is 11.1 Å². The van der Waals surface area contributed by atoms with E-state index in [0.29, 0.717) is 0 Å². The number of rotatable bonds is 1. The van der Waals surface area contributed by atoms with E-state index in [-0.39, 0.29) is 5.69 Å². The van der Waals surface area contributed by atoms with Gasteiger partial charge in [-0.15, -0.1) is 0 Å². The third-order valence-electron chi connectivity index (χ3n) is 3.22. The zero-order valence-electron chi connectivity index (χ0n) is 10.4. The largest absolute Gasteiger partial charge is 0.323 e. The third-order valence-corrected chi connectivity index (χ3v) is 3.22. The molecule has 3 heteroatoms. The average molecular weight is 238 g/mol. The van der Waals surface area contributed by atoms with Crippen LogP contribution >= 0.6 is 0 Å². The van der Waals surface area contributed by atoms with Crippen LogP contribution in [0.15, 0.2) is 41.2 Å². The van der Waals surface area contributed by atoms with Gasteiger partial charge >= 0.3 is 5.69 Å². The Labute approximate surface area is 104 Å². The molecule has 90 valence electrons. The number of imidazole rings is 1. The molecule has 0 saturated heterocycles. The quantitative estimate of drug-likeness (QED) is 0.672. The van der Waals surface area contributed by atoms with Crippen molar-refractivity contribution in [1.82, 2.24) is 9.97 Å². The molecule has 0 amide bonds. The van der Waals surface area contributed by atoms with E-state index in [1.807, 2.05) is 18.2 Å². The van der Waals surface area contributed by atoms with Gasteiger partial charge in [0.15, 0.2) is 0 Å². The lowest BCUT2D eigenvalue weighted by Crippen LogP contribution is -1.99. The normalized spacial score (nSPS) is 11.0. The Balaban J connectivity index is 2.24. The highest BCUT2D eigenvalue weighted by atomic mass is 16.1. The first-order chi connectivity index (χ1) is 8.63. The van der Waals surface area contributed by atoms with E-state index in [9.17, 15) is 4.79 Å². The van der Waals surface area contributed by atoms with Gasteiger partial charge in [0, 0.05) is 0 Å². The lowest BCUT2D eigenvalue weighted by molar-refractivity contribution is 1.22. The van der Waals surface area contributed by atoms with E-state index in [2.05, 4.69) is 42.0 Å². The van der Waals surface area contributed by atoms with Gasteiger partial charge in [-0.1, -0.05) is 29.8 Å². The number of fused-ring (bicyclic) bond motifs is 1. The zero-order valence-corrected chi connectivity index (χ0v) is 10.4. The molecule has 3 aromatic rings. The molecule has 0 radical (unpaired) electrons. The first-order valence-corrected chi connectivity index (χ1v) is 5.93. The van der Waals surface area contributed by atoms with Crippen molar-refractivity contribution < 1.29 is 0 Å². The Morgan fingerprint density at radius 2 is 1.67 bits per heavy atom. The van der Waals surface area contributed by atoms with Crippen LogP contribution in [0.3, 0.4) is 0 Å². The van der Waals surface area contributed by atoms with E-state index in [4.69, 9.17) is 0 Å². The van der Waals surface area contributed by atoms with Gasteiger partial charge in [-0.25, -0.2) is 4.79 Å². The molecule has 0 unspecified atom stereocenters. The molecule has 2 aromatic carbocycles. The third kappa shape index (κ3) is 1.74. The summed E-state index contributed by atoms with van der Waals surface area (Å²) in [5.41, 5.74) is 6.32. The zero-order chi connectivity index (χ0) is 12.7. The molecular formula is C15H14N2O. The molecule has 0 fully saturated rings. The molecule has 3 nitrogen and oxygen atoms in total. The number of aromatic nitrogens is 2. The molecule has 0 aliphatic heterocycles. The fraction of sp³-hybridized carbons (Fsp3) is 0.133. The van der Waals surface area contributed by atoms with E-state index < -0.39 is 0 Å². The summed E-state index contributed by atoms with van der Waals surface area (Å²) in [5, 5.41) is 0. The minimum absolute atomic E-state index is 0.164. The number of H-pyrrole nitrogens is 2. The van der Waals surface area contributed by atoms with Crippen molar-refractivity contribution in [2.75, 3.05) is 0 Å². The molecular weight excluding hydrogens is 224 g/mol. The molecule has 0 saturated carbocycles. The first-order valence-electron chi connectivity index (χ1n) is 5.93. The SMILES string of the molecule is Cc1ccc(C)c(-c2ccc3[nH]c(=O)[nH]c3c2)c1. The Morgan fingerprint density at radius 3 is 2.50 bits per heavy atom.